The normalized spacial score (nSPS) is 23.0. The van der Waals surface area contributed by atoms with Gasteiger partial charge in [0, 0.05) is 6.04 Å². The molecule has 5 heteroatoms. The van der Waals surface area contributed by atoms with Crippen LogP contribution in [-0.4, -0.2) is 18.9 Å². The molecule has 1 saturated carbocycles. The van der Waals surface area contributed by atoms with Crippen molar-refractivity contribution in [3.63, 3.8) is 0 Å². The van der Waals surface area contributed by atoms with E-state index in [1.165, 1.54) is 6.07 Å². The summed E-state index contributed by atoms with van der Waals surface area (Å²) in [4.78, 5) is 0. The molecule has 0 radical (unpaired) electrons. The Labute approximate surface area is 117 Å². The van der Waals surface area contributed by atoms with E-state index >= 15 is 0 Å². The standard InChI is InChI=1S/C15H20F3NO/c1-2-9-19-12-8-7-11(10-12)13-5-3-4-6-14(13)20-15(16,17)18/h3-6,11-12,19H,2,7-10H2,1H3. The zero-order valence-electron chi connectivity index (χ0n) is 11.5. The Kier molecular flexibility index (Phi) is 4.91. The molecule has 1 aliphatic rings. The second-order valence-electron chi connectivity index (χ2n) is 5.25. The number of alkyl halides is 3. The second kappa shape index (κ2) is 6.48. The van der Waals surface area contributed by atoms with E-state index in [1.807, 2.05) is 0 Å². The lowest BCUT2D eigenvalue weighted by Gasteiger charge is -2.18. The molecule has 0 heterocycles. The van der Waals surface area contributed by atoms with Gasteiger partial charge in [0.25, 0.3) is 0 Å². The zero-order valence-corrected chi connectivity index (χ0v) is 11.5. The summed E-state index contributed by atoms with van der Waals surface area (Å²) in [6.45, 7) is 3.06. The monoisotopic (exact) mass is 287 g/mol. The minimum absolute atomic E-state index is 0.0545. The largest absolute Gasteiger partial charge is 0.573 e. The lowest BCUT2D eigenvalue weighted by atomic mass is 9.96. The van der Waals surface area contributed by atoms with Crippen LogP contribution in [0, 0.1) is 0 Å². The molecule has 112 valence electrons. The summed E-state index contributed by atoms with van der Waals surface area (Å²) in [6.07, 6.45) is -0.785. The van der Waals surface area contributed by atoms with Gasteiger partial charge in [-0.05, 0) is 49.8 Å². The van der Waals surface area contributed by atoms with E-state index in [9.17, 15) is 13.2 Å². The summed E-state index contributed by atoms with van der Waals surface area (Å²) in [5.74, 6) is 0.0871. The van der Waals surface area contributed by atoms with Gasteiger partial charge in [0.15, 0.2) is 0 Å². The van der Waals surface area contributed by atoms with Crippen LogP contribution in [0.2, 0.25) is 0 Å². The Morgan fingerprint density at radius 2 is 2.00 bits per heavy atom. The average Bonchev–Trinajstić information content (AvgIpc) is 2.83. The molecule has 0 aromatic heterocycles. The van der Waals surface area contributed by atoms with Crippen LogP contribution in [0.25, 0.3) is 0 Å². The van der Waals surface area contributed by atoms with Crippen molar-refractivity contribution in [2.45, 2.75) is 50.9 Å². The van der Waals surface area contributed by atoms with Crippen LogP contribution < -0.4 is 10.1 Å². The van der Waals surface area contributed by atoms with Gasteiger partial charge in [0.1, 0.15) is 5.75 Å². The van der Waals surface area contributed by atoms with Crippen molar-refractivity contribution >= 4 is 0 Å². The van der Waals surface area contributed by atoms with Crippen LogP contribution in [0.5, 0.6) is 5.75 Å². The van der Waals surface area contributed by atoms with Crippen molar-refractivity contribution in [3.8, 4) is 5.75 Å². The second-order valence-corrected chi connectivity index (χ2v) is 5.25. The molecule has 1 aromatic rings. The first-order chi connectivity index (χ1) is 9.49. The maximum Gasteiger partial charge on any atom is 0.573 e. The first-order valence-electron chi connectivity index (χ1n) is 7.07. The summed E-state index contributed by atoms with van der Waals surface area (Å²) >= 11 is 0. The molecular weight excluding hydrogens is 267 g/mol. The first kappa shape index (κ1) is 15.2. The van der Waals surface area contributed by atoms with E-state index in [4.69, 9.17) is 0 Å². The summed E-state index contributed by atoms with van der Waals surface area (Å²) < 4.78 is 41.4. The Bertz CT molecular complexity index is 433. The smallest absolute Gasteiger partial charge is 0.405 e. The van der Waals surface area contributed by atoms with Crippen molar-refractivity contribution in [1.29, 1.82) is 0 Å². The molecule has 0 aliphatic heterocycles. The number of ether oxygens (including phenoxy) is 1. The van der Waals surface area contributed by atoms with Gasteiger partial charge in [-0.1, -0.05) is 25.1 Å². The highest BCUT2D eigenvalue weighted by Crippen LogP contribution is 2.40. The molecule has 1 fully saturated rings. The SMILES string of the molecule is CCCNC1CCC(c2ccccc2OC(F)(F)F)C1. The molecule has 2 rings (SSSR count). The Morgan fingerprint density at radius 1 is 1.25 bits per heavy atom. The highest BCUT2D eigenvalue weighted by atomic mass is 19.4. The average molecular weight is 287 g/mol. The van der Waals surface area contributed by atoms with Crippen LogP contribution in [0.1, 0.15) is 44.1 Å². The van der Waals surface area contributed by atoms with E-state index in [1.54, 1.807) is 18.2 Å². The number of halogens is 3. The third kappa shape index (κ3) is 4.13. The minimum atomic E-state index is -4.63. The number of nitrogens with one attached hydrogen (secondary N) is 1. The van der Waals surface area contributed by atoms with Gasteiger partial charge in [0.05, 0.1) is 0 Å². The van der Waals surface area contributed by atoms with E-state index in [2.05, 4.69) is 17.0 Å². The third-order valence-electron chi connectivity index (χ3n) is 3.70. The fourth-order valence-electron chi connectivity index (χ4n) is 2.83. The van der Waals surface area contributed by atoms with Gasteiger partial charge in [-0.25, -0.2) is 0 Å². The van der Waals surface area contributed by atoms with Crippen molar-refractivity contribution in [3.05, 3.63) is 29.8 Å². The van der Waals surface area contributed by atoms with Crippen LogP contribution in [-0.2, 0) is 0 Å². The molecule has 0 amide bonds. The molecule has 2 nitrogen and oxygen atoms in total. The fraction of sp³-hybridized carbons (Fsp3) is 0.600. The molecule has 0 saturated heterocycles. The van der Waals surface area contributed by atoms with E-state index in [0.717, 1.165) is 32.2 Å². The van der Waals surface area contributed by atoms with Gasteiger partial charge >= 0.3 is 6.36 Å². The zero-order chi connectivity index (χ0) is 14.6. The topological polar surface area (TPSA) is 21.3 Å². The fourth-order valence-corrected chi connectivity index (χ4v) is 2.83. The van der Waals surface area contributed by atoms with Crippen molar-refractivity contribution in [1.82, 2.24) is 5.32 Å². The molecule has 0 bridgehead atoms. The minimum Gasteiger partial charge on any atom is -0.405 e. The number of hydrogen-bond acceptors (Lipinski definition) is 2. The molecule has 2 atom stereocenters. The van der Waals surface area contributed by atoms with Crippen molar-refractivity contribution in [2.75, 3.05) is 6.54 Å². The summed E-state index contributed by atoms with van der Waals surface area (Å²) in [6, 6.07) is 6.89. The van der Waals surface area contributed by atoms with Crippen LogP contribution in [0.15, 0.2) is 24.3 Å². The van der Waals surface area contributed by atoms with Gasteiger partial charge in [-0.3, -0.25) is 0 Å². The molecule has 1 N–H and O–H groups in total. The van der Waals surface area contributed by atoms with Gasteiger partial charge < -0.3 is 10.1 Å². The van der Waals surface area contributed by atoms with Crippen molar-refractivity contribution < 1.29 is 17.9 Å². The predicted octanol–water partition coefficient (Wildman–Crippen LogP) is 4.22. The highest BCUT2D eigenvalue weighted by Gasteiger charge is 2.34. The van der Waals surface area contributed by atoms with Crippen molar-refractivity contribution in [2.24, 2.45) is 0 Å². The Morgan fingerprint density at radius 3 is 2.70 bits per heavy atom. The number of benzene rings is 1. The molecule has 0 spiro atoms. The first-order valence-corrected chi connectivity index (χ1v) is 7.07. The Balaban J connectivity index is 2.06. The molecule has 1 aliphatic carbocycles. The predicted molar refractivity (Wildman–Crippen MR) is 71.8 cm³/mol. The highest BCUT2D eigenvalue weighted by molar-refractivity contribution is 5.37. The number of hydrogen-bond donors (Lipinski definition) is 1. The summed E-state index contributed by atoms with van der Waals surface area (Å²) in [5.41, 5.74) is 0.672. The quantitative estimate of drug-likeness (QED) is 0.875. The number of para-hydroxylation sites is 1. The van der Waals surface area contributed by atoms with Crippen LogP contribution >= 0.6 is 0 Å². The van der Waals surface area contributed by atoms with Crippen LogP contribution in [0.4, 0.5) is 13.2 Å². The van der Waals surface area contributed by atoms with Gasteiger partial charge in [-0.2, -0.15) is 0 Å². The lowest BCUT2D eigenvalue weighted by molar-refractivity contribution is -0.275. The van der Waals surface area contributed by atoms with Gasteiger partial charge in [0.2, 0.25) is 0 Å². The maximum atomic E-state index is 12.4. The van der Waals surface area contributed by atoms with Gasteiger partial charge in [-0.15, -0.1) is 13.2 Å². The number of rotatable bonds is 5. The van der Waals surface area contributed by atoms with Crippen LogP contribution in [0.3, 0.4) is 0 Å². The molecule has 20 heavy (non-hydrogen) atoms. The summed E-state index contributed by atoms with van der Waals surface area (Å²) in [7, 11) is 0. The Hall–Kier alpha value is -1.23. The summed E-state index contributed by atoms with van der Waals surface area (Å²) in [5, 5.41) is 3.44. The van der Waals surface area contributed by atoms with E-state index in [-0.39, 0.29) is 11.7 Å². The molecular formula is C15H20F3NO. The molecule has 2 unspecified atom stereocenters. The maximum absolute atomic E-state index is 12.4. The third-order valence-corrected chi connectivity index (χ3v) is 3.70. The van der Waals surface area contributed by atoms with E-state index < -0.39 is 6.36 Å². The molecule has 1 aromatic carbocycles. The van der Waals surface area contributed by atoms with E-state index in [0.29, 0.717) is 11.6 Å². The lowest BCUT2D eigenvalue weighted by Crippen LogP contribution is -2.26.